The summed E-state index contributed by atoms with van der Waals surface area (Å²) in [4.78, 5) is 0. The third-order valence-electron chi connectivity index (χ3n) is 4.36. The van der Waals surface area contributed by atoms with Crippen LogP contribution in [0.1, 0.15) is 58.2 Å². The van der Waals surface area contributed by atoms with Gasteiger partial charge >= 0.3 is 0 Å². The average Bonchev–Trinajstić information content (AvgIpc) is 2.34. The first-order chi connectivity index (χ1) is 9.13. The standard InChI is InChI=1S/C19H28O/c1-18(2,3)15-9-8-13-12-17(20-7)16(19(4,5)6)11-14(13)10-15/h8-10,12,16H,11H2,1-7H3. The molecule has 0 saturated heterocycles. The van der Waals surface area contributed by atoms with E-state index in [4.69, 9.17) is 4.74 Å². The van der Waals surface area contributed by atoms with Crippen molar-refractivity contribution in [1.82, 2.24) is 0 Å². The predicted molar refractivity (Wildman–Crippen MR) is 86.8 cm³/mol. The second kappa shape index (κ2) is 4.95. The topological polar surface area (TPSA) is 9.23 Å². The van der Waals surface area contributed by atoms with E-state index in [2.05, 4.69) is 65.8 Å². The molecule has 0 spiro atoms. The van der Waals surface area contributed by atoms with Gasteiger partial charge in [0.1, 0.15) is 5.76 Å². The third kappa shape index (κ3) is 2.92. The molecule has 1 atom stereocenters. The summed E-state index contributed by atoms with van der Waals surface area (Å²) in [5, 5.41) is 0. The van der Waals surface area contributed by atoms with Crippen LogP contribution in [0.3, 0.4) is 0 Å². The van der Waals surface area contributed by atoms with Crippen LogP contribution in [0.2, 0.25) is 0 Å². The summed E-state index contributed by atoms with van der Waals surface area (Å²) in [7, 11) is 1.79. The van der Waals surface area contributed by atoms with Gasteiger partial charge < -0.3 is 4.74 Å². The van der Waals surface area contributed by atoms with E-state index < -0.39 is 0 Å². The summed E-state index contributed by atoms with van der Waals surface area (Å²) in [6.07, 6.45) is 3.30. The van der Waals surface area contributed by atoms with Gasteiger partial charge in [-0.25, -0.2) is 0 Å². The van der Waals surface area contributed by atoms with Gasteiger partial charge in [0.2, 0.25) is 0 Å². The minimum atomic E-state index is 0.206. The van der Waals surface area contributed by atoms with Crippen LogP contribution in [0.25, 0.3) is 6.08 Å². The van der Waals surface area contributed by atoms with E-state index in [0.29, 0.717) is 5.92 Å². The second-order valence-electron chi connectivity index (χ2n) is 8.04. The Bertz CT molecular complexity index is 524. The predicted octanol–water partition coefficient (Wildman–Crippen LogP) is 5.19. The average molecular weight is 272 g/mol. The monoisotopic (exact) mass is 272 g/mol. The van der Waals surface area contributed by atoms with Gasteiger partial charge in [0.05, 0.1) is 7.11 Å². The van der Waals surface area contributed by atoms with Crippen molar-refractivity contribution < 1.29 is 4.74 Å². The van der Waals surface area contributed by atoms with Gasteiger partial charge in [-0.2, -0.15) is 0 Å². The fraction of sp³-hybridized carbons (Fsp3) is 0.579. The zero-order chi connectivity index (χ0) is 15.1. The molecule has 1 nitrogen and oxygen atoms in total. The maximum atomic E-state index is 5.65. The van der Waals surface area contributed by atoms with Crippen molar-refractivity contribution in [2.75, 3.05) is 7.11 Å². The lowest BCUT2D eigenvalue weighted by atomic mass is 9.72. The van der Waals surface area contributed by atoms with Crippen molar-refractivity contribution in [3.05, 3.63) is 40.6 Å². The number of fused-ring (bicyclic) bond motifs is 1. The highest BCUT2D eigenvalue weighted by Crippen LogP contribution is 2.40. The van der Waals surface area contributed by atoms with Crippen molar-refractivity contribution in [3.63, 3.8) is 0 Å². The van der Waals surface area contributed by atoms with Gasteiger partial charge in [-0.05, 0) is 40.0 Å². The number of allylic oxidation sites excluding steroid dienone is 1. The Morgan fingerprint density at radius 3 is 2.20 bits per heavy atom. The van der Waals surface area contributed by atoms with Crippen molar-refractivity contribution in [3.8, 4) is 0 Å². The van der Waals surface area contributed by atoms with Gasteiger partial charge in [-0.1, -0.05) is 59.7 Å². The molecule has 0 N–H and O–H groups in total. The molecule has 1 aromatic carbocycles. The molecule has 0 amide bonds. The summed E-state index contributed by atoms with van der Waals surface area (Å²) in [6.45, 7) is 13.7. The van der Waals surface area contributed by atoms with Crippen LogP contribution in [0.15, 0.2) is 24.0 Å². The van der Waals surface area contributed by atoms with Crippen molar-refractivity contribution in [2.24, 2.45) is 11.3 Å². The zero-order valence-electron chi connectivity index (χ0n) is 14.0. The van der Waals surface area contributed by atoms with Crippen LogP contribution >= 0.6 is 0 Å². The van der Waals surface area contributed by atoms with Crippen LogP contribution in [-0.4, -0.2) is 7.11 Å². The normalized spacial score (nSPS) is 19.4. The number of rotatable bonds is 1. The molecule has 110 valence electrons. The Morgan fingerprint density at radius 1 is 1.05 bits per heavy atom. The summed E-state index contributed by atoms with van der Waals surface area (Å²) in [6, 6.07) is 6.88. The number of methoxy groups -OCH3 is 1. The highest BCUT2D eigenvalue weighted by Gasteiger charge is 2.32. The summed E-state index contributed by atoms with van der Waals surface area (Å²) < 4.78 is 5.65. The Balaban J connectivity index is 2.47. The first-order valence-corrected chi connectivity index (χ1v) is 7.52. The largest absolute Gasteiger partial charge is 0.501 e. The number of hydrogen-bond acceptors (Lipinski definition) is 1. The second-order valence-corrected chi connectivity index (χ2v) is 8.04. The van der Waals surface area contributed by atoms with E-state index in [-0.39, 0.29) is 10.8 Å². The van der Waals surface area contributed by atoms with Gasteiger partial charge in [0.25, 0.3) is 0 Å². The maximum Gasteiger partial charge on any atom is 0.100 e. The molecule has 0 saturated carbocycles. The molecule has 0 radical (unpaired) electrons. The quantitative estimate of drug-likeness (QED) is 0.683. The van der Waals surface area contributed by atoms with Crippen LogP contribution in [0.4, 0.5) is 0 Å². The van der Waals surface area contributed by atoms with Crippen LogP contribution < -0.4 is 0 Å². The summed E-state index contributed by atoms with van der Waals surface area (Å²) >= 11 is 0. The van der Waals surface area contributed by atoms with Crippen molar-refractivity contribution in [2.45, 2.75) is 53.4 Å². The first-order valence-electron chi connectivity index (χ1n) is 7.52. The van der Waals surface area contributed by atoms with Gasteiger partial charge in [0, 0.05) is 5.92 Å². The molecule has 0 bridgehead atoms. The minimum absolute atomic E-state index is 0.206. The SMILES string of the molecule is COC1=Cc2ccc(C(C)(C)C)cc2CC1C(C)(C)C. The molecule has 0 fully saturated rings. The fourth-order valence-corrected chi connectivity index (χ4v) is 2.90. The Kier molecular flexibility index (Phi) is 3.75. The molecule has 0 aromatic heterocycles. The van der Waals surface area contributed by atoms with Crippen molar-refractivity contribution in [1.29, 1.82) is 0 Å². The van der Waals surface area contributed by atoms with E-state index in [9.17, 15) is 0 Å². The van der Waals surface area contributed by atoms with E-state index in [1.54, 1.807) is 7.11 Å². The summed E-state index contributed by atoms with van der Waals surface area (Å²) in [5.41, 5.74) is 4.61. The van der Waals surface area contributed by atoms with E-state index in [0.717, 1.165) is 12.2 Å². The molecule has 0 heterocycles. The number of hydrogen-bond donors (Lipinski definition) is 0. The highest BCUT2D eigenvalue weighted by molar-refractivity contribution is 5.60. The van der Waals surface area contributed by atoms with E-state index in [1.807, 2.05) is 0 Å². The Hall–Kier alpha value is -1.24. The smallest absolute Gasteiger partial charge is 0.100 e. The molecule has 1 aromatic rings. The molecule has 2 rings (SSSR count). The number of ether oxygens (including phenoxy) is 1. The van der Waals surface area contributed by atoms with Crippen LogP contribution in [0, 0.1) is 11.3 Å². The summed E-state index contributed by atoms with van der Waals surface area (Å²) in [5.74, 6) is 1.57. The van der Waals surface area contributed by atoms with E-state index >= 15 is 0 Å². The van der Waals surface area contributed by atoms with Gasteiger partial charge in [-0.3, -0.25) is 0 Å². The van der Waals surface area contributed by atoms with E-state index in [1.165, 1.54) is 16.7 Å². The molecule has 20 heavy (non-hydrogen) atoms. The van der Waals surface area contributed by atoms with Crippen LogP contribution in [0.5, 0.6) is 0 Å². The molecule has 1 aliphatic rings. The molecular formula is C19H28O. The molecule has 1 aliphatic carbocycles. The highest BCUT2D eigenvalue weighted by atomic mass is 16.5. The van der Waals surface area contributed by atoms with Crippen molar-refractivity contribution >= 4 is 6.08 Å². The Morgan fingerprint density at radius 2 is 1.70 bits per heavy atom. The van der Waals surface area contributed by atoms with Crippen LogP contribution in [-0.2, 0) is 16.6 Å². The maximum absolute atomic E-state index is 5.65. The molecule has 0 aliphatic heterocycles. The molecule has 1 heteroatoms. The third-order valence-corrected chi connectivity index (χ3v) is 4.36. The molecule has 1 unspecified atom stereocenters. The zero-order valence-corrected chi connectivity index (χ0v) is 14.0. The first kappa shape index (κ1) is 15.2. The number of benzene rings is 1. The van der Waals surface area contributed by atoms with Gasteiger partial charge in [0.15, 0.2) is 0 Å². The molecular weight excluding hydrogens is 244 g/mol. The Labute approximate surface area is 124 Å². The fourth-order valence-electron chi connectivity index (χ4n) is 2.90. The minimum Gasteiger partial charge on any atom is -0.501 e. The lowest BCUT2D eigenvalue weighted by Crippen LogP contribution is -2.28. The lowest BCUT2D eigenvalue weighted by Gasteiger charge is -2.35. The lowest BCUT2D eigenvalue weighted by molar-refractivity contribution is 0.164. The van der Waals surface area contributed by atoms with Gasteiger partial charge in [-0.15, -0.1) is 0 Å².